The van der Waals surface area contributed by atoms with Crippen LogP contribution < -0.4 is 10.2 Å². The SMILES string of the molecule is Cc1cc(N2CCCC2)c(F)cc1/C=C1\SC(=Nc2cc(Cl)ccc2C)NC1=O. The van der Waals surface area contributed by atoms with E-state index in [1.165, 1.54) is 17.8 Å². The largest absolute Gasteiger partial charge is 0.369 e. The molecule has 7 heteroatoms. The number of carbonyl (C=O) groups is 1. The van der Waals surface area contributed by atoms with Gasteiger partial charge in [0, 0.05) is 18.1 Å². The molecule has 0 atom stereocenters. The van der Waals surface area contributed by atoms with Gasteiger partial charge in [0.05, 0.1) is 16.3 Å². The summed E-state index contributed by atoms with van der Waals surface area (Å²) in [6.07, 6.45) is 3.91. The zero-order valence-electron chi connectivity index (χ0n) is 16.3. The molecule has 2 fully saturated rings. The number of carbonyl (C=O) groups excluding carboxylic acids is 1. The molecule has 2 aliphatic rings. The quantitative estimate of drug-likeness (QED) is 0.647. The van der Waals surface area contributed by atoms with Gasteiger partial charge in [0.15, 0.2) is 5.17 Å². The lowest BCUT2D eigenvalue weighted by Gasteiger charge is -2.19. The summed E-state index contributed by atoms with van der Waals surface area (Å²) in [5.74, 6) is -0.493. The highest BCUT2D eigenvalue weighted by Gasteiger charge is 2.25. The van der Waals surface area contributed by atoms with Gasteiger partial charge >= 0.3 is 0 Å². The van der Waals surface area contributed by atoms with Crippen molar-refractivity contribution in [1.82, 2.24) is 5.32 Å². The second kappa shape index (κ2) is 8.20. The van der Waals surface area contributed by atoms with E-state index in [-0.39, 0.29) is 11.7 Å². The van der Waals surface area contributed by atoms with E-state index in [9.17, 15) is 9.18 Å². The Morgan fingerprint density at radius 1 is 1.17 bits per heavy atom. The predicted octanol–water partition coefficient (Wildman–Crippen LogP) is 5.59. The fourth-order valence-corrected chi connectivity index (χ4v) is 4.46. The Morgan fingerprint density at radius 2 is 1.93 bits per heavy atom. The summed E-state index contributed by atoms with van der Waals surface area (Å²) in [7, 11) is 0. The Labute approximate surface area is 178 Å². The molecule has 150 valence electrons. The van der Waals surface area contributed by atoms with Gasteiger partial charge in [0.2, 0.25) is 0 Å². The number of aryl methyl sites for hydroxylation is 2. The molecule has 0 unspecified atom stereocenters. The summed E-state index contributed by atoms with van der Waals surface area (Å²) in [5, 5.41) is 3.84. The molecule has 2 heterocycles. The zero-order valence-corrected chi connectivity index (χ0v) is 17.8. The van der Waals surface area contributed by atoms with Crippen LogP contribution >= 0.6 is 23.4 Å². The third kappa shape index (κ3) is 4.33. The fraction of sp³-hybridized carbons (Fsp3) is 0.273. The predicted molar refractivity (Wildman–Crippen MR) is 120 cm³/mol. The van der Waals surface area contributed by atoms with E-state index in [4.69, 9.17) is 11.6 Å². The van der Waals surface area contributed by atoms with Crippen molar-refractivity contribution < 1.29 is 9.18 Å². The van der Waals surface area contributed by atoms with E-state index in [1.54, 1.807) is 18.2 Å². The van der Waals surface area contributed by atoms with Crippen molar-refractivity contribution in [3.8, 4) is 0 Å². The summed E-state index contributed by atoms with van der Waals surface area (Å²) in [6, 6.07) is 8.83. The Hall–Kier alpha value is -2.31. The summed E-state index contributed by atoms with van der Waals surface area (Å²) < 4.78 is 14.7. The smallest absolute Gasteiger partial charge is 0.264 e. The van der Waals surface area contributed by atoms with Gasteiger partial charge < -0.3 is 10.2 Å². The summed E-state index contributed by atoms with van der Waals surface area (Å²) >= 11 is 7.29. The van der Waals surface area contributed by atoms with Crippen LogP contribution in [0.4, 0.5) is 15.8 Å². The first-order valence-corrected chi connectivity index (χ1v) is 10.7. The molecule has 0 bridgehead atoms. The van der Waals surface area contributed by atoms with Crippen molar-refractivity contribution >= 4 is 51.9 Å². The molecule has 0 aromatic heterocycles. The van der Waals surface area contributed by atoms with Crippen LogP contribution in [0.1, 0.15) is 29.5 Å². The van der Waals surface area contributed by atoms with Crippen molar-refractivity contribution in [1.29, 1.82) is 0 Å². The van der Waals surface area contributed by atoms with Crippen molar-refractivity contribution in [2.45, 2.75) is 26.7 Å². The van der Waals surface area contributed by atoms with E-state index >= 15 is 0 Å². The number of anilines is 1. The van der Waals surface area contributed by atoms with Crippen LogP contribution in [0, 0.1) is 19.7 Å². The van der Waals surface area contributed by atoms with Crippen molar-refractivity contribution in [2.24, 2.45) is 4.99 Å². The Balaban J connectivity index is 1.60. The lowest BCUT2D eigenvalue weighted by atomic mass is 10.1. The van der Waals surface area contributed by atoms with E-state index in [0.29, 0.717) is 32.0 Å². The first-order valence-electron chi connectivity index (χ1n) is 9.51. The van der Waals surface area contributed by atoms with Gasteiger partial charge in [0.25, 0.3) is 5.91 Å². The fourth-order valence-electron chi connectivity index (χ4n) is 3.47. The number of aliphatic imine (C=N–C) groups is 1. The molecule has 29 heavy (non-hydrogen) atoms. The van der Waals surface area contributed by atoms with Crippen LogP contribution in [-0.4, -0.2) is 24.2 Å². The number of halogens is 2. The van der Waals surface area contributed by atoms with Gasteiger partial charge in [-0.05, 0) is 85.5 Å². The van der Waals surface area contributed by atoms with Crippen LogP contribution in [0.15, 0.2) is 40.2 Å². The Bertz CT molecular complexity index is 1040. The molecule has 2 aromatic rings. The van der Waals surface area contributed by atoms with Crippen molar-refractivity contribution in [3.05, 3.63) is 62.8 Å². The Kier molecular flexibility index (Phi) is 5.65. The lowest BCUT2D eigenvalue weighted by molar-refractivity contribution is -0.115. The molecule has 4 nitrogen and oxygen atoms in total. The maximum atomic E-state index is 14.7. The molecule has 0 radical (unpaired) electrons. The van der Waals surface area contributed by atoms with Crippen LogP contribution in [0.3, 0.4) is 0 Å². The minimum absolute atomic E-state index is 0.239. The number of hydrogen-bond donors (Lipinski definition) is 1. The second-order valence-electron chi connectivity index (χ2n) is 7.27. The van der Waals surface area contributed by atoms with Crippen molar-refractivity contribution in [2.75, 3.05) is 18.0 Å². The minimum Gasteiger partial charge on any atom is -0.369 e. The molecule has 2 aromatic carbocycles. The van der Waals surface area contributed by atoms with Crippen LogP contribution in [0.2, 0.25) is 5.02 Å². The monoisotopic (exact) mass is 429 g/mol. The van der Waals surface area contributed by atoms with Gasteiger partial charge in [-0.25, -0.2) is 9.38 Å². The highest BCUT2D eigenvalue weighted by Crippen LogP contribution is 2.32. The number of amides is 1. The van der Waals surface area contributed by atoms with Gasteiger partial charge in [0.1, 0.15) is 5.82 Å². The number of benzene rings is 2. The van der Waals surface area contributed by atoms with Crippen molar-refractivity contribution in [3.63, 3.8) is 0 Å². The summed E-state index contributed by atoms with van der Waals surface area (Å²) in [5.41, 5.74) is 3.95. The molecule has 0 spiro atoms. The maximum Gasteiger partial charge on any atom is 0.264 e. The van der Waals surface area contributed by atoms with Crippen LogP contribution in [0.25, 0.3) is 6.08 Å². The highest BCUT2D eigenvalue weighted by atomic mass is 35.5. The molecular formula is C22H21ClFN3OS. The Morgan fingerprint density at radius 3 is 2.69 bits per heavy atom. The summed E-state index contributed by atoms with van der Waals surface area (Å²) in [4.78, 5) is 19.5. The highest BCUT2D eigenvalue weighted by molar-refractivity contribution is 8.18. The standard InChI is InChI=1S/C22H21ClFN3OS/c1-13-5-6-16(23)12-18(13)25-22-26-21(28)20(29-22)11-15-10-17(24)19(9-14(15)2)27-7-3-4-8-27/h5-6,9-12H,3-4,7-8H2,1-2H3,(H,25,26,28)/b20-11-. The first-order chi connectivity index (χ1) is 13.9. The minimum atomic E-state index is -0.254. The zero-order chi connectivity index (χ0) is 20.5. The van der Waals surface area contributed by atoms with E-state index < -0.39 is 0 Å². The molecule has 1 amide bonds. The van der Waals surface area contributed by atoms with Crippen LogP contribution in [-0.2, 0) is 4.79 Å². The van der Waals surface area contributed by atoms with Gasteiger partial charge in [-0.2, -0.15) is 0 Å². The third-order valence-corrected chi connectivity index (χ3v) is 6.26. The molecular weight excluding hydrogens is 409 g/mol. The summed E-state index contributed by atoms with van der Waals surface area (Å²) in [6.45, 7) is 5.64. The molecule has 4 rings (SSSR count). The van der Waals surface area contributed by atoms with Gasteiger partial charge in [-0.3, -0.25) is 4.79 Å². The molecule has 0 aliphatic carbocycles. The first kappa shape index (κ1) is 20.0. The molecule has 2 saturated heterocycles. The van der Waals surface area contributed by atoms with Gasteiger partial charge in [-0.15, -0.1) is 0 Å². The van der Waals surface area contributed by atoms with E-state index in [0.717, 1.165) is 37.1 Å². The number of rotatable bonds is 3. The van der Waals surface area contributed by atoms with E-state index in [1.807, 2.05) is 26.0 Å². The normalized spacial score (nSPS) is 19.4. The number of amidine groups is 1. The lowest BCUT2D eigenvalue weighted by Crippen LogP contribution is -2.19. The molecule has 2 aliphatic heterocycles. The van der Waals surface area contributed by atoms with E-state index in [2.05, 4.69) is 15.2 Å². The van der Waals surface area contributed by atoms with Crippen LogP contribution in [0.5, 0.6) is 0 Å². The molecule has 0 saturated carbocycles. The molecule has 1 N–H and O–H groups in total. The number of nitrogens with one attached hydrogen (secondary N) is 1. The number of thioether (sulfide) groups is 1. The number of hydrogen-bond acceptors (Lipinski definition) is 4. The average molecular weight is 430 g/mol. The third-order valence-electron chi connectivity index (χ3n) is 5.11. The average Bonchev–Trinajstić information content (AvgIpc) is 3.31. The maximum absolute atomic E-state index is 14.7. The second-order valence-corrected chi connectivity index (χ2v) is 8.73. The number of nitrogens with zero attached hydrogens (tertiary/aromatic N) is 2. The topological polar surface area (TPSA) is 44.7 Å². The van der Waals surface area contributed by atoms with Gasteiger partial charge in [-0.1, -0.05) is 17.7 Å².